The minimum absolute atomic E-state index is 0.0247. The summed E-state index contributed by atoms with van der Waals surface area (Å²) in [6.07, 6.45) is 1.91. The largest absolute Gasteiger partial charge is 0.396 e. The van der Waals surface area contributed by atoms with Crippen molar-refractivity contribution in [3.05, 3.63) is 17.5 Å². The molecule has 1 saturated heterocycles. The normalized spacial score (nSPS) is 18.9. The molecule has 1 fully saturated rings. The predicted molar refractivity (Wildman–Crippen MR) is 77.5 cm³/mol. The number of piperidine rings is 1. The molecule has 2 aromatic rings. The molecule has 21 heavy (non-hydrogen) atoms. The first-order valence-electron chi connectivity index (χ1n) is 6.96. The highest BCUT2D eigenvalue weighted by Gasteiger charge is 2.23. The molecule has 1 N–H and O–H groups in total. The molecule has 0 aromatic carbocycles. The monoisotopic (exact) mass is 307 g/mol. The number of rotatable bonds is 4. The summed E-state index contributed by atoms with van der Waals surface area (Å²) in [6, 6.07) is 3.85. The molecule has 0 bridgehead atoms. The molecule has 0 spiro atoms. The van der Waals surface area contributed by atoms with Gasteiger partial charge in [-0.2, -0.15) is 4.80 Å². The maximum absolute atomic E-state index is 12.2. The van der Waals surface area contributed by atoms with Gasteiger partial charge >= 0.3 is 0 Å². The lowest BCUT2D eigenvalue weighted by atomic mass is 9.99. The molecule has 1 atom stereocenters. The fraction of sp³-hybridized carbons (Fsp3) is 0.538. The highest BCUT2D eigenvalue weighted by atomic mass is 32.1. The average molecular weight is 307 g/mol. The van der Waals surface area contributed by atoms with Gasteiger partial charge in [-0.1, -0.05) is 6.07 Å². The SMILES string of the molecule is O=C(Cn1nnc(-c2cccs2)n1)N1CCCC(CO)C1. The lowest BCUT2D eigenvalue weighted by Gasteiger charge is -2.31. The maximum atomic E-state index is 12.2. The van der Waals surface area contributed by atoms with Crippen molar-refractivity contribution in [1.29, 1.82) is 0 Å². The molecular weight excluding hydrogens is 290 g/mol. The molecule has 0 saturated carbocycles. The van der Waals surface area contributed by atoms with Crippen LogP contribution in [0.5, 0.6) is 0 Å². The second-order valence-corrected chi connectivity index (χ2v) is 6.10. The van der Waals surface area contributed by atoms with Gasteiger partial charge in [0.05, 0.1) is 4.88 Å². The van der Waals surface area contributed by atoms with Crippen molar-refractivity contribution in [2.45, 2.75) is 19.4 Å². The number of hydrogen-bond acceptors (Lipinski definition) is 6. The second-order valence-electron chi connectivity index (χ2n) is 5.15. The van der Waals surface area contributed by atoms with E-state index in [-0.39, 0.29) is 25.0 Å². The van der Waals surface area contributed by atoms with Crippen LogP contribution in [0.15, 0.2) is 17.5 Å². The summed E-state index contributed by atoms with van der Waals surface area (Å²) in [6.45, 7) is 1.58. The molecular formula is C13H17N5O2S. The van der Waals surface area contributed by atoms with Gasteiger partial charge < -0.3 is 10.0 Å². The number of carbonyl (C=O) groups is 1. The number of amides is 1. The first-order valence-corrected chi connectivity index (χ1v) is 7.84. The van der Waals surface area contributed by atoms with Gasteiger partial charge in [0.15, 0.2) is 0 Å². The van der Waals surface area contributed by atoms with Crippen LogP contribution in [0, 0.1) is 5.92 Å². The smallest absolute Gasteiger partial charge is 0.246 e. The molecule has 2 aromatic heterocycles. The summed E-state index contributed by atoms with van der Waals surface area (Å²) in [5.41, 5.74) is 0. The molecule has 1 unspecified atom stereocenters. The summed E-state index contributed by atoms with van der Waals surface area (Å²) >= 11 is 1.54. The van der Waals surface area contributed by atoms with Gasteiger partial charge in [-0.05, 0) is 35.4 Å². The van der Waals surface area contributed by atoms with Crippen LogP contribution in [0.4, 0.5) is 0 Å². The van der Waals surface area contributed by atoms with Crippen LogP contribution in [0.2, 0.25) is 0 Å². The highest BCUT2D eigenvalue weighted by molar-refractivity contribution is 7.13. The van der Waals surface area contributed by atoms with Gasteiger partial charge in [0.2, 0.25) is 11.7 Å². The molecule has 1 aliphatic rings. The Labute approximate surface area is 126 Å². The number of carbonyl (C=O) groups excluding carboxylic acids is 1. The van der Waals surface area contributed by atoms with Gasteiger partial charge in [-0.25, -0.2) is 0 Å². The fourth-order valence-corrected chi connectivity index (χ4v) is 3.12. The third-order valence-electron chi connectivity index (χ3n) is 3.60. The van der Waals surface area contributed by atoms with E-state index < -0.39 is 0 Å². The molecule has 0 radical (unpaired) electrons. The second kappa shape index (κ2) is 6.31. The van der Waals surface area contributed by atoms with E-state index in [1.165, 1.54) is 16.1 Å². The number of aliphatic hydroxyl groups is 1. The number of thiophene rings is 1. The van der Waals surface area contributed by atoms with Crippen molar-refractivity contribution < 1.29 is 9.90 Å². The molecule has 1 amide bonds. The van der Waals surface area contributed by atoms with E-state index in [0.717, 1.165) is 24.3 Å². The Bertz CT molecular complexity index is 597. The molecule has 3 rings (SSSR count). The van der Waals surface area contributed by atoms with E-state index in [4.69, 9.17) is 0 Å². The highest BCUT2D eigenvalue weighted by Crippen LogP contribution is 2.19. The summed E-state index contributed by atoms with van der Waals surface area (Å²) in [7, 11) is 0. The molecule has 8 heteroatoms. The number of nitrogens with zero attached hydrogens (tertiary/aromatic N) is 5. The third-order valence-corrected chi connectivity index (χ3v) is 4.47. The van der Waals surface area contributed by atoms with Gasteiger partial charge in [0.1, 0.15) is 6.54 Å². The molecule has 112 valence electrons. The Morgan fingerprint density at radius 2 is 2.43 bits per heavy atom. The van der Waals surface area contributed by atoms with Crippen molar-refractivity contribution in [3.63, 3.8) is 0 Å². The summed E-state index contributed by atoms with van der Waals surface area (Å²) < 4.78 is 0. The van der Waals surface area contributed by atoms with E-state index in [0.29, 0.717) is 12.4 Å². The van der Waals surface area contributed by atoms with Crippen LogP contribution in [-0.4, -0.2) is 55.8 Å². The first-order chi connectivity index (χ1) is 10.3. The first kappa shape index (κ1) is 14.2. The number of aliphatic hydroxyl groups excluding tert-OH is 1. The zero-order valence-electron chi connectivity index (χ0n) is 11.6. The van der Waals surface area contributed by atoms with Crippen molar-refractivity contribution in [1.82, 2.24) is 25.1 Å². The van der Waals surface area contributed by atoms with Gasteiger partial charge in [-0.3, -0.25) is 4.79 Å². The topological polar surface area (TPSA) is 84.1 Å². The fourth-order valence-electron chi connectivity index (χ4n) is 2.48. The minimum Gasteiger partial charge on any atom is -0.396 e. The minimum atomic E-state index is -0.0247. The van der Waals surface area contributed by atoms with E-state index in [9.17, 15) is 9.90 Å². The van der Waals surface area contributed by atoms with Crippen molar-refractivity contribution in [3.8, 4) is 10.7 Å². The Morgan fingerprint density at radius 3 is 3.19 bits per heavy atom. The molecule has 1 aliphatic heterocycles. The lowest BCUT2D eigenvalue weighted by molar-refractivity contribution is -0.134. The number of tetrazole rings is 1. The predicted octanol–water partition coefficient (Wildman–Crippen LogP) is 0.633. The Morgan fingerprint density at radius 1 is 1.52 bits per heavy atom. The van der Waals surface area contributed by atoms with Crippen LogP contribution in [0.25, 0.3) is 10.7 Å². The number of hydrogen-bond donors (Lipinski definition) is 1. The Kier molecular flexibility index (Phi) is 4.26. The molecule has 3 heterocycles. The quantitative estimate of drug-likeness (QED) is 0.896. The van der Waals surface area contributed by atoms with Crippen LogP contribution < -0.4 is 0 Å². The van der Waals surface area contributed by atoms with Gasteiger partial charge in [0.25, 0.3) is 0 Å². The van der Waals surface area contributed by atoms with Crippen molar-refractivity contribution >= 4 is 17.2 Å². The maximum Gasteiger partial charge on any atom is 0.246 e. The van der Waals surface area contributed by atoms with Crippen LogP contribution in [0.3, 0.4) is 0 Å². The van der Waals surface area contributed by atoms with E-state index in [2.05, 4.69) is 15.4 Å². The lowest BCUT2D eigenvalue weighted by Crippen LogP contribution is -2.42. The number of likely N-dealkylation sites (tertiary alicyclic amines) is 1. The average Bonchev–Trinajstić information content (AvgIpc) is 3.18. The zero-order valence-corrected chi connectivity index (χ0v) is 12.4. The summed E-state index contributed by atoms with van der Waals surface area (Å²) in [5.74, 6) is 0.709. The van der Waals surface area contributed by atoms with Crippen LogP contribution >= 0.6 is 11.3 Å². The van der Waals surface area contributed by atoms with E-state index in [1.807, 2.05) is 17.5 Å². The number of aromatic nitrogens is 4. The zero-order chi connectivity index (χ0) is 14.7. The molecule has 0 aliphatic carbocycles. The van der Waals surface area contributed by atoms with E-state index in [1.54, 1.807) is 4.90 Å². The van der Waals surface area contributed by atoms with Crippen molar-refractivity contribution in [2.24, 2.45) is 5.92 Å². The van der Waals surface area contributed by atoms with Crippen LogP contribution in [-0.2, 0) is 11.3 Å². The van der Waals surface area contributed by atoms with Gasteiger partial charge in [0, 0.05) is 19.7 Å². The third kappa shape index (κ3) is 3.27. The Hall–Kier alpha value is -1.80. The molecule has 7 nitrogen and oxygen atoms in total. The standard InChI is InChI=1S/C13H17N5O2S/c19-9-10-3-1-5-17(7-10)12(20)8-18-15-13(14-16-18)11-4-2-6-21-11/h2,4,6,10,19H,1,3,5,7-9H2. The van der Waals surface area contributed by atoms with Gasteiger partial charge in [-0.15, -0.1) is 21.5 Å². The van der Waals surface area contributed by atoms with Crippen molar-refractivity contribution in [2.75, 3.05) is 19.7 Å². The Balaban J connectivity index is 1.62. The van der Waals surface area contributed by atoms with E-state index >= 15 is 0 Å². The summed E-state index contributed by atoms with van der Waals surface area (Å²) in [4.78, 5) is 16.3. The van der Waals surface area contributed by atoms with Crippen LogP contribution in [0.1, 0.15) is 12.8 Å². The summed E-state index contributed by atoms with van der Waals surface area (Å²) in [5, 5.41) is 23.3.